The minimum Gasteiger partial charge on any atom is -0.462 e. The molecule has 0 rings (SSSR count). The first-order chi connectivity index (χ1) is 24.0. The molecule has 9 nitrogen and oxygen atoms in total. The molecule has 0 fully saturated rings. The predicted octanol–water partition coefficient (Wildman–Crippen LogP) is 11.0. The van der Waals surface area contributed by atoms with Crippen molar-refractivity contribution >= 4 is 19.8 Å². The van der Waals surface area contributed by atoms with E-state index in [-0.39, 0.29) is 32.0 Å². The molecular formula is C40H79NO8P+. The van der Waals surface area contributed by atoms with Crippen molar-refractivity contribution in [2.45, 2.75) is 187 Å². The lowest BCUT2D eigenvalue weighted by Crippen LogP contribution is -2.37. The molecule has 0 aromatic carbocycles. The quantitative estimate of drug-likeness (QED) is 0.0221. The van der Waals surface area contributed by atoms with Gasteiger partial charge in [-0.2, -0.15) is 0 Å². The molecule has 50 heavy (non-hydrogen) atoms. The first kappa shape index (κ1) is 48.8. The third-order valence-electron chi connectivity index (χ3n) is 8.80. The summed E-state index contributed by atoms with van der Waals surface area (Å²) in [5.74, 6) is -0.819. The number of carbonyl (C=O) groups is 2. The minimum absolute atomic E-state index is 0.0318. The van der Waals surface area contributed by atoms with Crippen LogP contribution in [0.25, 0.3) is 0 Å². The second kappa shape index (κ2) is 33.6. The molecule has 0 aromatic rings. The molecule has 0 aromatic heterocycles. The molecule has 0 aliphatic carbocycles. The smallest absolute Gasteiger partial charge is 0.462 e. The highest BCUT2D eigenvalue weighted by atomic mass is 31.2. The van der Waals surface area contributed by atoms with Gasteiger partial charge >= 0.3 is 19.8 Å². The van der Waals surface area contributed by atoms with Crippen molar-refractivity contribution in [2.24, 2.45) is 0 Å². The van der Waals surface area contributed by atoms with E-state index >= 15 is 0 Å². The zero-order chi connectivity index (χ0) is 37.2. The fourth-order valence-electron chi connectivity index (χ4n) is 5.54. The van der Waals surface area contributed by atoms with Gasteiger partial charge < -0.3 is 18.9 Å². The maximum Gasteiger partial charge on any atom is 0.472 e. The molecule has 0 saturated carbocycles. The van der Waals surface area contributed by atoms with Crippen LogP contribution in [0.15, 0.2) is 12.2 Å². The number of rotatable bonds is 37. The van der Waals surface area contributed by atoms with Gasteiger partial charge in [0.25, 0.3) is 0 Å². The average molecular weight is 733 g/mol. The van der Waals surface area contributed by atoms with Crippen LogP contribution in [0.3, 0.4) is 0 Å². The number of esters is 2. The molecule has 0 amide bonds. The number of hydrogen-bond donors (Lipinski definition) is 1. The Morgan fingerprint density at radius 3 is 1.52 bits per heavy atom. The van der Waals surface area contributed by atoms with E-state index in [1.54, 1.807) is 0 Å². The highest BCUT2D eigenvalue weighted by Gasteiger charge is 2.27. The van der Waals surface area contributed by atoms with Gasteiger partial charge in [-0.25, -0.2) is 4.57 Å². The van der Waals surface area contributed by atoms with Crippen molar-refractivity contribution in [1.29, 1.82) is 0 Å². The van der Waals surface area contributed by atoms with Crippen molar-refractivity contribution in [2.75, 3.05) is 47.5 Å². The molecule has 10 heteroatoms. The first-order valence-electron chi connectivity index (χ1n) is 20.4. The van der Waals surface area contributed by atoms with Gasteiger partial charge in [-0.3, -0.25) is 18.6 Å². The zero-order valence-corrected chi connectivity index (χ0v) is 34.0. The fraction of sp³-hybridized carbons (Fsp3) is 0.900. The Bertz CT molecular complexity index is 876. The number of unbranched alkanes of at least 4 members (excludes halogenated alkanes) is 21. The number of hydrogen-bond acceptors (Lipinski definition) is 7. The molecule has 0 heterocycles. The Balaban J connectivity index is 4.40. The second-order valence-electron chi connectivity index (χ2n) is 15.0. The van der Waals surface area contributed by atoms with Crippen LogP contribution in [-0.2, 0) is 32.7 Å². The molecule has 0 bridgehead atoms. The maximum atomic E-state index is 12.6. The summed E-state index contributed by atoms with van der Waals surface area (Å²) >= 11 is 0. The standard InChI is InChI=1S/C40H78NO8P/c1-6-8-10-12-14-16-18-19-20-21-23-24-26-28-30-32-39(42)46-36-38(37-48-50(44,45)47-35-34-41(3,4)5)49-40(43)33-31-29-27-25-22-17-15-13-11-9-7-2/h23-24,38H,6-22,25-37H2,1-5H3/p+1/b24-23+/t38-/m1/s1. The predicted molar refractivity (Wildman–Crippen MR) is 206 cm³/mol. The van der Waals surface area contributed by atoms with E-state index in [1.807, 2.05) is 21.1 Å². The molecule has 0 radical (unpaired) electrons. The van der Waals surface area contributed by atoms with Gasteiger partial charge in [-0.05, 0) is 38.5 Å². The van der Waals surface area contributed by atoms with Crippen molar-refractivity contribution in [3.8, 4) is 0 Å². The number of quaternary nitrogens is 1. The summed E-state index contributed by atoms with van der Waals surface area (Å²) in [5.41, 5.74) is 0. The average Bonchev–Trinajstić information content (AvgIpc) is 3.06. The molecule has 0 aliphatic heterocycles. The van der Waals surface area contributed by atoms with Gasteiger partial charge in [0.15, 0.2) is 6.10 Å². The summed E-state index contributed by atoms with van der Waals surface area (Å²) < 4.78 is 34.2. The van der Waals surface area contributed by atoms with E-state index < -0.39 is 26.5 Å². The first-order valence-corrected chi connectivity index (χ1v) is 21.9. The highest BCUT2D eigenvalue weighted by Crippen LogP contribution is 2.43. The van der Waals surface area contributed by atoms with Crippen LogP contribution in [0, 0.1) is 0 Å². The highest BCUT2D eigenvalue weighted by molar-refractivity contribution is 7.47. The molecule has 2 atom stereocenters. The lowest BCUT2D eigenvalue weighted by molar-refractivity contribution is -0.870. The number of ether oxygens (including phenoxy) is 2. The van der Waals surface area contributed by atoms with E-state index in [2.05, 4.69) is 26.0 Å². The Morgan fingerprint density at radius 1 is 0.600 bits per heavy atom. The van der Waals surface area contributed by atoms with E-state index in [4.69, 9.17) is 18.5 Å². The van der Waals surface area contributed by atoms with Gasteiger partial charge in [0, 0.05) is 12.8 Å². The molecule has 296 valence electrons. The van der Waals surface area contributed by atoms with Crippen LogP contribution < -0.4 is 0 Å². The van der Waals surface area contributed by atoms with Crippen LogP contribution in [0.4, 0.5) is 0 Å². The van der Waals surface area contributed by atoms with Crippen molar-refractivity contribution in [3.05, 3.63) is 12.2 Å². The third-order valence-corrected chi connectivity index (χ3v) is 9.78. The molecule has 0 saturated heterocycles. The minimum atomic E-state index is -4.37. The zero-order valence-electron chi connectivity index (χ0n) is 33.1. The van der Waals surface area contributed by atoms with Gasteiger partial charge in [0.05, 0.1) is 27.7 Å². The van der Waals surface area contributed by atoms with Crippen molar-refractivity contribution in [3.63, 3.8) is 0 Å². The second-order valence-corrected chi connectivity index (χ2v) is 16.5. The van der Waals surface area contributed by atoms with E-state index in [0.717, 1.165) is 32.1 Å². The van der Waals surface area contributed by atoms with Crippen LogP contribution in [0.5, 0.6) is 0 Å². The van der Waals surface area contributed by atoms with Crippen LogP contribution in [-0.4, -0.2) is 74.9 Å². The molecule has 0 aliphatic rings. The van der Waals surface area contributed by atoms with Crippen LogP contribution in [0.1, 0.15) is 181 Å². The van der Waals surface area contributed by atoms with Gasteiger partial charge in [0.1, 0.15) is 19.8 Å². The summed E-state index contributed by atoms with van der Waals surface area (Å²) in [4.78, 5) is 35.2. The SMILES string of the molecule is CCCCCCCCCCC/C=C/CCCCC(=O)OC[C@H](COP(=O)(O)OCC[N+](C)(C)C)OC(=O)CCCCCCCCCCCCC. The van der Waals surface area contributed by atoms with Crippen molar-refractivity contribution in [1.82, 2.24) is 0 Å². The largest absolute Gasteiger partial charge is 0.472 e. The van der Waals surface area contributed by atoms with Crippen molar-refractivity contribution < 1.29 is 42.1 Å². The lowest BCUT2D eigenvalue weighted by atomic mass is 10.1. The Morgan fingerprint density at radius 2 is 1.02 bits per heavy atom. The molecule has 1 unspecified atom stereocenters. The van der Waals surface area contributed by atoms with Gasteiger partial charge in [-0.15, -0.1) is 0 Å². The number of likely N-dealkylation sites (N-methyl/N-ethyl adjacent to an activating group) is 1. The van der Waals surface area contributed by atoms with Crippen LogP contribution in [0.2, 0.25) is 0 Å². The number of allylic oxidation sites excluding steroid dienone is 2. The van der Waals surface area contributed by atoms with E-state index in [1.165, 1.54) is 109 Å². The third kappa shape index (κ3) is 36.5. The number of phosphoric ester groups is 1. The van der Waals surface area contributed by atoms with Gasteiger partial charge in [-0.1, -0.05) is 142 Å². The topological polar surface area (TPSA) is 108 Å². The maximum absolute atomic E-state index is 12.6. The molecule has 1 N–H and O–H groups in total. The van der Waals surface area contributed by atoms with E-state index in [0.29, 0.717) is 23.9 Å². The number of carbonyl (C=O) groups excluding carboxylic acids is 2. The fourth-order valence-corrected chi connectivity index (χ4v) is 6.28. The molecule has 0 spiro atoms. The van der Waals surface area contributed by atoms with Gasteiger partial charge in [0.2, 0.25) is 0 Å². The Kier molecular flexibility index (Phi) is 32.7. The lowest BCUT2D eigenvalue weighted by Gasteiger charge is -2.24. The summed E-state index contributed by atoms with van der Waals surface area (Å²) in [6.07, 6.45) is 32.6. The Labute approximate surface area is 307 Å². The monoisotopic (exact) mass is 733 g/mol. The Hall–Kier alpha value is -1.25. The summed E-state index contributed by atoms with van der Waals surface area (Å²) in [6, 6.07) is 0. The summed E-state index contributed by atoms with van der Waals surface area (Å²) in [7, 11) is 1.47. The summed E-state index contributed by atoms with van der Waals surface area (Å²) in [6.45, 7) is 4.39. The number of phosphoric acid groups is 1. The van der Waals surface area contributed by atoms with Crippen LogP contribution >= 0.6 is 7.82 Å². The summed E-state index contributed by atoms with van der Waals surface area (Å²) in [5, 5.41) is 0. The van der Waals surface area contributed by atoms with E-state index in [9.17, 15) is 19.0 Å². The molecular weight excluding hydrogens is 653 g/mol. The normalized spacial score (nSPS) is 13.8. The number of nitrogens with zero attached hydrogens (tertiary/aromatic N) is 1.